The maximum Gasteiger partial charge on any atom is 0.250 e. The van der Waals surface area contributed by atoms with Crippen LogP contribution in [-0.4, -0.2) is 63.4 Å². The zero-order valence-corrected chi connectivity index (χ0v) is 22.7. The number of benzene rings is 2. The highest BCUT2D eigenvalue weighted by molar-refractivity contribution is 5.98. The summed E-state index contributed by atoms with van der Waals surface area (Å²) >= 11 is 0. The van der Waals surface area contributed by atoms with E-state index in [1.54, 1.807) is 21.6 Å². The fraction of sp³-hybridized carbons (Fsp3) is 0.379. The molecule has 0 bridgehead atoms. The number of rotatable bonds is 11. The molecule has 2 heterocycles. The van der Waals surface area contributed by atoms with Crippen LogP contribution in [0.5, 0.6) is 0 Å². The summed E-state index contributed by atoms with van der Waals surface area (Å²) in [6, 6.07) is 13.4. The van der Waals surface area contributed by atoms with Gasteiger partial charge in [-0.3, -0.25) is 14.4 Å². The number of halogens is 1. The number of anilines is 1. The second-order valence-corrected chi connectivity index (χ2v) is 10.4. The average Bonchev–Trinajstić information content (AvgIpc) is 3.62. The van der Waals surface area contributed by atoms with Crippen LogP contribution in [0.3, 0.4) is 0 Å². The van der Waals surface area contributed by atoms with E-state index in [-0.39, 0.29) is 24.9 Å². The molecule has 1 fully saturated rings. The van der Waals surface area contributed by atoms with Gasteiger partial charge in [-0.05, 0) is 49.9 Å². The first kappa shape index (κ1) is 28.9. The Kier molecular flexibility index (Phi) is 9.28. The Morgan fingerprint density at radius 3 is 2.40 bits per heavy atom. The fourth-order valence-corrected chi connectivity index (χ4v) is 4.35. The second kappa shape index (κ2) is 12.8. The lowest BCUT2D eigenvalue weighted by Crippen LogP contribution is -2.56. The Bertz CT molecular complexity index is 1300. The predicted octanol–water partition coefficient (Wildman–Crippen LogP) is 2.61. The van der Waals surface area contributed by atoms with Crippen LogP contribution in [0.1, 0.15) is 43.9 Å². The summed E-state index contributed by atoms with van der Waals surface area (Å²) in [5.74, 6) is -1.43. The molecule has 2 atom stereocenters. The number of nitrogens with one attached hydrogen (secondary N) is 2. The van der Waals surface area contributed by atoms with Gasteiger partial charge in [-0.25, -0.2) is 9.37 Å². The largest absolute Gasteiger partial charge is 0.374 e. The summed E-state index contributed by atoms with van der Waals surface area (Å²) in [5, 5.41) is 5.35. The van der Waals surface area contributed by atoms with E-state index in [9.17, 15) is 18.8 Å². The Labute approximate surface area is 232 Å². The minimum atomic E-state index is -1.21. The number of nitrogens with zero attached hydrogens (tertiary/aromatic N) is 3. The van der Waals surface area contributed by atoms with Crippen LogP contribution in [0, 0.1) is 5.82 Å². The predicted molar refractivity (Wildman–Crippen MR) is 148 cm³/mol. The van der Waals surface area contributed by atoms with Gasteiger partial charge in [-0.2, -0.15) is 0 Å². The third kappa shape index (κ3) is 7.51. The highest BCUT2D eigenvalue weighted by Gasteiger charge is 2.31. The van der Waals surface area contributed by atoms with Crippen molar-refractivity contribution in [2.24, 2.45) is 5.73 Å². The molecule has 0 aliphatic carbocycles. The minimum Gasteiger partial charge on any atom is -0.374 e. The highest BCUT2D eigenvalue weighted by Crippen LogP contribution is 2.25. The molecule has 0 spiro atoms. The van der Waals surface area contributed by atoms with Gasteiger partial charge in [0.25, 0.3) is 5.91 Å². The van der Waals surface area contributed by atoms with Crippen LogP contribution >= 0.6 is 0 Å². The van der Waals surface area contributed by atoms with Crippen molar-refractivity contribution in [3.63, 3.8) is 0 Å². The molecule has 1 saturated heterocycles. The van der Waals surface area contributed by atoms with Gasteiger partial charge in [-0.15, -0.1) is 0 Å². The van der Waals surface area contributed by atoms with Crippen LogP contribution < -0.4 is 16.4 Å². The van der Waals surface area contributed by atoms with Crippen molar-refractivity contribution in [1.29, 1.82) is 0 Å². The van der Waals surface area contributed by atoms with Crippen LogP contribution in [0.15, 0.2) is 67.1 Å². The summed E-state index contributed by atoms with van der Waals surface area (Å²) in [7, 11) is 0. The van der Waals surface area contributed by atoms with Gasteiger partial charge in [0, 0.05) is 19.3 Å². The molecule has 1 aliphatic rings. The minimum absolute atomic E-state index is 0.102. The summed E-state index contributed by atoms with van der Waals surface area (Å²) in [5.41, 5.74) is 6.22. The molecule has 212 valence electrons. The smallest absolute Gasteiger partial charge is 0.250 e. The lowest BCUT2D eigenvalue weighted by molar-refractivity contribution is -0.132. The zero-order chi connectivity index (χ0) is 28.7. The van der Waals surface area contributed by atoms with Crippen molar-refractivity contribution < 1.29 is 23.5 Å². The Hall–Kier alpha value is -4.09. The maximum atomic E-state index is 13.6. The number of amides is 3. The SMILES string of the molecule is CC(C)(N)C(=O)N[C@H](COCc1ccccc1)C(=O)Nc1cn(C(C(=O)N2CCCC2)c2ccc(F)cc2)cn1. The molecule has 0 radical (unpaired) electrons. The molecule has 4 rings (SSSR count). The number of ether oxygens (including phenoxy) is 1. The van der Waals surface area contributed by atoms with Crippen LogP contribution in [0.2, 0.25) is 0 Å². The van der Waals surface area contributed by atoms with E-state index < -0.39 is 35.3 Å². The van der Waals surface area contributed by atoms with E-state index in [4.69, 9.17) is 10.5 Å². The summed E-state index contributed by atoms with van der Waals surface area (Å²) in [4.78, 5) is 45.3. The monoisotopic (exact) mass is 550 g/mol. The van der Waals surface area contributed by atoms with E-state index in [0.29, 0.717) is 18.7 Å². The van der Waals surface area contributed by atoms with Gasteiger partial charge >= 0.3 is 0 Å². The fourth-order valence-electron chi connectivity index (χ4n) is 4.35. The third-order valence-electron chi connectivity index (χ3n) is 6.59. The van der Waals surface area contributed by atoms with E-state index >= 15 is 0 Å². The molecule has 10 nitrogen and oxygen atoms in total. The van der Waals surface area contributed by atoms with Crippen molar-refractivity contribution in [2.75, 3.05) is 25.0 Å². The van der Waals surface area contributed by atoms with Crippen molar-refractivity contribution in [3.8, 4) is 0 Å². The number of nitrogens with two attached hydrogens (primary N) is 1. The maximum absolute atomic E-state index is 13.6. The lowest BCUT2D eigenvalue weighted by atomic mass is 10.1. The first-order valence-corrected chi connectivity index (χ1v) is 13.2. The number of carbonyl (C=O) groups is 3. The molecule has 3 amide bonds. The normalized spacial score (nSPS) is 14.9. The second-order valence-electron chi connectivity index (χ2n) is 10.4. The van der Waals surface area contributed by atoms with Gasteiger partial charge in [0.2, 0.25) is 11.8 Å². The summed E-state index contributed by atoms with van der Waals surface area (Å²) < 4.78 is 20.9. The Balaban J connectivity index is 1.50. The number of imidazole rings is 1. The van der Waals surface area contributed by atoms with E-state index in [1.807, 2.05) is 30.3 Å². The van der Waals surface area contributed by atoms with Crippen molar-refractivity contribution >= 4 is 23.5 Å². The summed E-state index contributed by atoms with van der Waals surface area (Å²) in [6.45, 7) is 4.52. The van der Waals surface area contributed by atoms with Crippen molar-refractivity contribution in [2.45, 2.75) is 50.9 Å². The van der Waals surface area contributed by atoms with Gasteiger partial charge in [-0.1, -0.05) is 42.5 Å². The third-order valence-corrected chi connectivity index (χ3v) is 6.59. The highest BCUT2D eigenvalue weighted by atomic mass is 19.1. The Morgan fingerprint density at radius 2 is 1.75 bits per heavy atom. The lowest BCUT2D eigenvalue weighted by Gasteiger charge is -2.24. The molecular weight excluding hydrogens is 515 g/mol. The molecule has 1 unspecified atom stereocenters. The van der Waals surface area contributed by atoms with Crippen LogP contribution in [0.25, 0.3) is 0 Å². The number of carbonyl (C=O) groups excluding carboxylic acids is 3. The van der Waals surface area contributed by atoms with E-state index in [1.165, 1.54) is 38.5 Å². The molecule has 40 heavy (non-hydrogen) atoms. The Morgan fingerprint density at radius 1 is 1.07 bits per heavy atom. The first-order valence-electron chi connectivity index (χ1n) is 13.2. The van der Waals surface area contributed by atoms with Crippen molar-refractivity contribution in [1.82, 2.24) is 19.8 Å². The molecule has 2 aromatic carbocycles. The topological polar surface area (TPSA) is 132 Å². The molecule has 1 aliphatic heterocycles. The van der Waals surface area contributed by atoms with Crippen LogP contribution in [0.4, 0.5) is 10.2 Å². The molecular formula is C29H35FN6O4. The first-order chi connectivity index (χ1) is 19.1. The number of likely N-dealkylation sites (tertiary alicyclic amines) is 1. The van der Waals surface area contributed by atoms with Crippen molar-refractivity contribution in [3.05, 3.63) is 84.1 Å². The molecule has 1 aromatic heterocycles. The number of aromatic nitrogens is 2. The molecule has 3 aromatic rings. The molecule has 4 N–H and O–H groups in total. The molecule has 0 saturated carbocycles. The van der Waals surface area contributed by atoms with Gasteiger partial charge < -0.3 is 30.6 Å². The quantitative estimate of drug-likeness (QED) is 0.336. The standard InChI is InChI=1S/C29H35FN6O4/c1-29(2,31)28(39)33-23(18-40-17-20-8-4-3-5-9-20)26(37)34-24-16-36(19-32-24)25(21-10-12-22(30)13-11-21)27(38)35-14-6-7-15-35/h3-5,8-13,16,19,23,25H,6-7,14-15,17-18,31H2,1-2H3,(H,33,39)(H,34,37)/t23-,25?/m1/s1. The average molecular weight is 551 g/mol. The van der Waals surface area contributed by atoms with Crippen LogP contribution in [-0.2, 0) is 25.7 Å². The van der Waals surface area contributed by atoms with E-state index in [0.717, 1.165) is 18.4 Å². The number of hydrogen-bond donors (Lipinski definition) is 3. The zero-order valence-electron chi connectivity index (χ0n) is 22.7. The van der Waals surface area contributed by atoms with E-state index in [2.05, 4.69) is 15.6 Å². The summed E-state index contributed by atoms with van der Waals surface area (Å²) in [6.07, 6.45) is 4.83. The number of hydrogen-bond acceptors (Lipinski definition) is 6. The van der Waals surface area contributed by atoms with Gasteiger partial charge in [0.05, 0.1) is 25.1 Å². The van der Waals surface area contributed by atoms with Gasteiger partial charge in [0.1, 0.15) is 17.9 Å². The molecule has 11 heteroatoms. The van der Waals surface area contributed by atoms with Gasteiger partial charge in [0.15, 0.2) is 5.82 Å².